The Morgan fingerprint density at radius 3 is 2.82 bits per heavy atom. The maximum atomic E-state index is 12.4. The summed E-state index contributed by atoms with van der Waals surface area (Å²) in [5.41, 5.74) is 2.36. The summed E-state index contributed by atoms with van der Waals surface area (Å²) in [6.07, 6.45) is 3.79. The van der Waals surface area contributed by atoms with Crippen molar-refractivity contribution >= 4 is 23.3 Å². The van der Waals surface area contributed by atoms with E-state index in [1.165, 1.54) is 11.8 Å². The normalized spacial score (nSPS) is 17.8. The van der Waals surface area contributed by atoms with Gasteiger partial charge in [0.1, 0.15) is 17.0 Å². The van der Waals surface area contributed by atoms with Crippen LogP contribution in [-0.4, -0.2) is 33.4 Å². The molecular weight excluding hydrogens is 300 g/mol. The lowest BCUT2D eigenvalue weighted by Gasteiger charge is -2.17. The molecule has 0 radical (unpaired) electrons. The van der Waals surface area contributed by atoms with Crippen molar-refractivity contribution in [3.05, 3.63) is 52.9 Å². The molecule has 22 heavy (non-hydrogen) atoms. The summed E-state index contributed by atoms with van der Waals surface area (Å²) < 4.78 is 0. The minimum absolute atomic E-state index is 0.0855. The molecule has 3 rings (SSSR count). The van der Waals surface area contributed by atoms with Gasteiger partial charge in [0, 0.05) is 13.1 Å². The smallest absolute Gasteiger partial charge is 0.245 e. The second-order valence-electron chi connectivity index (χ2n) is 5.46. The molecule has 1 unspecified atom stereocenters. The molecule has 1 aromatic heterocycles. The van der Waals surface area contributed by atoms with Crippen molar-refractivity contribution < 1.29 is 4.79 Å². The number of aryl methyl sites for hydroxylation is 1. The van der Waals surface area contributed by atoms with Crippen LogP contribution in [0.2, 0.25) is 5.15 Å². The molecule has 1 saturated heterocycles. The highest BCUT2D eigenvalue weighted by Crippen LogP contribution is 2.19. The molecule has 0 spiro atoms. The number of rotatable bonds is 4. The Bertz CT molecular complexity index is 674. The summed E-state index contributed by atoms with van der Waals surface area (Å²) in [5.74, 6) is 0.616. The molecule has 1 N–H and O–H groups in total. The number of halogens is 1. The van der Waals surface area contributed by atoms with Crippen LogP contribution in [0.25, 0.3) is 0 Å². The Morgan fingerprint density at radius 1 is 1.32 bits per heavy atom. The molecule has 1 aromatic carbocycles. The van der Waals surface area contributed by atoms with Crippen molar-refractivity contribution in [1.29, 1.82) is 0 Å². The van der Waals surface area contributed by atoms with E-state index >= 15 is 0 Å². The van der Waals surface area contributed by atoms with E-state index < -0.39 is 0 Å². The van der Waals surface area contributed by atoms with Crippen molar-refractivity contribution in [2.45, 2.75) is 25.9 Å². The SMILES string of the molecule is Cc1ccc(CN2CCC(Nc3cncc(Cl)n3)C2=O)cc1. The van der Waals surface area contributed by atoms with Crippen LogP contribution in [0.4, 0.5) is 5.82 Å². The van der Waals surface area contributed by atoms with Crippen LogP contribution in [0.3, 0.4) is 0 Å². The van der Waals surface area contributed by atoms with E-state index in [0.717, 1.165) is 18.5 Å². The zero-order valence-electron chi connectivity index (χ0n) is 12.3. The topological polar surface area (TPSA) is 58.1 Å². The van der Waals surface area contributed by atoms with Gasteiger partial charge < -0.3 is 10.2 Å². The molecule has 114 valence electrons. The number of aromatic nitrogens is 2. The predicted octanol–water partition coefficient (Wildman–Crippen LogP) is 2.65. The van der Waals surface area contributed by atoms with E-state index in [-0.39, 0.29) is 11.9 Å². The van der Waals surface area contributed by atoms with Crippen LogP contribution in [0.1, 0.15) is 17.5 Å². The Morgan fingerprint density at radius 2 is 2.09 bits per heavy atom. The van der Waals surface area contributed by atoms with Gasteiger partial charge in [0.2, 0.25) is 5.91 Å². The summed E-state index contributed by atoms with van der Waals surface area (Å²) in [6, 6.07) is 7.98. The van der Waals surface area contributed by atoms with Crippen molar-refractivity contribution in [1.82, 2.24) is 14.9 Å². The van der Waals surface area contributed by atoms with Gasteiger partial charge in [-0.2, -0.15) is 0 Å². The van der Waals surface area contributed by atoms with Gasteiger partial charge in [-0.15, -0.1) is 0 Å². The quantitative estimate of drug-likeness (QED) is 0.942. The fourth-order valence-electron chi connectivity index (χ4n) is 2.53. The molecule has 1 atom stereocenters. The summed E-state index contributed by atoms with van der Waals surface area (Å²) in [6.45, 7) is 3.42. The molecule has 1 aliphatic heterocycles. The highest BCUT2D eigenvalue weighted by atomic mass is 35.5. The summed E-state index contributed by atoms with van der Waals surface area (Å²) in [7, 11) is 0. The fourth-order valence-corrected chi connectivity index (χ4v) is 2.68. The Kier molecular flexibility index (Phi) is 4.24. The summed E-state index contributed by atoms with van der Waals surface area (Å²) in [4.78, 5) is 22.4. The molecule has 1 amide bonds. The second kappa shape index (κ2) is 6.32. The number of benzene rings is 1. The number of nitrogens with one attached hydrogen (secondary N) is 1. The number of nitrogens with zero attached hydrogens (tertiary/aromatic N) is 3. The molecule has 0 bridgehead atoms. The molecule has 2 aromatic rings. The Labute approximate surface area is 134 Å². The van der Waals surface area contributed by atoms with Gasteiger partial charge in [-0.1, -0.05) is 41.4 Å². The minimum atomic E-state index is -0.266. The number of hydrogen-bond acceptors (Lipinski definition) is 4. The lowest BCUT2D eigenvalue weighted by Crippen LogP contribution is -2.33. The van der Waals surface area contributed by atoms with Gasteiger partial charge in [0.05, 0.1) is 12.4 Å². The zero-order valence-corrected chi connectivity index (χ0v) is 13.0. The van der Waals surface area contributed by atoms with Crippen molar-refractivity contribution in [3.8, 4) is 0 Å². The van der Waals surface area contributed by atoms with Crippen LogP contribution in [0.5, 0.6) is 0 Å². The number of hydrogen-bond donors (Lipinski definition) is 1. The highest BCUT2D eigenvalue weighted by molar-refractivity contribution is 6.29. The van der Waals surface area contributed by atoms with Crippen molar-refractivity contribution in [2.75, 3.05) is 11.9 Å². The zero-order chi connectivity index (χ0) is 15.5. The number of carbonyl (C=O) groups is 1. The van der Waals surface area contributed by atoms with E-state index in [0.29, 0.717) is 17.5 Å². The maximum Gasteiger partial charge on any atom is 0.245 e. The average molecular weight is 317 g/mol. The van der Waals surface area contributed by atoms with Gasteiger partial charge in [0.25, 0.3) is 0 Å². The first kappa shape index (κ1) is 14.8. The average Bonchev–Trinajstić information content (AvgIpc) is 2.83. The summed E-state index contributed by atoms with van der Waals surface area (Å²) >= 11 is 5.81. The minimum Gasteiger partial charge on any atom is -0.357 e. The molecule has 0 aliphatic carbocycles. The van der Waals surface area contributed by atoms with Crippen LogP contribution >= 0.6 is 11.6 Å². The molecule has 2 heterocycles. The highest BCUT2D eigenvalue weighted by Gasteiger charge is 2.31. The van der Waals surface area contributed by atoms with Crippen LogP contribution < -0.4 is 5.32 Å². The number of carbonyl (C=O) groups excluding carboxylic acids is 1. The van der Waals surface area contributed by atoms with Gasteiger partial charge >= 0.3 is 0 Å². The molecule has 6 heteroatoms. The maximum absolute atomic E-state index is 12.4. The van der Waals surface area contributed by atoms with E-state index in [2.05, 4.69) is 46.5 Å². The monoisotopic (exact) mass is 316 g/mol. The summed E-state index contributed by atoms with van der Waals surface area (Å²) in [5, 5.41) is 3.42. The Hall–Kier alpha value is -2.14. The lowest BCUT2D eigenvalue weighted by atomic mass is 10.1. The molecule has 0 saturated carbocycles. The molecular formula is C16H17ClN4O. The third kappa shape index (κ3) is 3.36. The van der Waals surface area contributed by atoms with Gasteiger partial charge in [-0.05, 0) is 18.9 Å². The second-order valence-corrected chi connectivity index (χ2v) is 5.85. The van der Waals surface area contributed by atoms with Crippen LogP contribution in [-0.2, 0) is 11.3 Å². The number of likely N-dealkylation sites (tertiary alicyclic amines) is 1. The number of anilines is 1. The van der Waals surface area contributed by atoms with E-state index in [9.17, 15) is 4.79 Å². The van der Waals surface area contributed by atoms with Crippen molar-refractivity contribution in [3.63, 3.8) is 0 Å². The van der Waals surface area contributed by atoms with Gasteiger partial charge in [-0.25, -0.2) is 4.98 Å². The van der Waals surface area contributed by atoms with Crippen molar-refractivity contribution in [2.24, 2.45) is 0 Å². The largest absolute Gasteiger partial charge is 0.357 e. The molecule has 1 fully saturated rings. The van der Waals surface area contributed by atoms with E-state index in [1.807, 2.05) is 4.90 Å². The fraction of sp³-hybridized carbons (Fsp3) is 0.312. The first-order valence-electron chi connectivity index (χ1n) is 7.20. The molecule has 1 aliphatic rings. The van der Waals surface area contributed by atoms with Crippen LogP contribution in [0.15, 0.2) is 36.7 Å². The Balaban J connectivity index is 1.63. The van der Waals surface area contributed by atoms with Crippen LogP contribution in [0, 0.1) is 6.92 Å². The first-order valence-corrected chi connectivity index (χ1v) is 7.58. The third-order valence-corrected chi connectivity index (χ3v) is 3.90. The van der Waals surface area contributed by atoms with Gasteiger partial charge in [-0.3, -0.25) is 9.78 Å². The van der Waals surface area contributed by atoms with Gasteiger partial charge in [0.15, 0.2) is 0 Å². The lowest BCUT2D eigenvalue weighted by molar-refractivity contribution is -0.128. The molecule has 5 nitrogen and oxygen atoms in total. The predicted molar refractivity (Wildman–Crippen MR) is 85.7 cm³/mol. The van der Waals surface area contributed by atoms with E-state index in [4.69, 9.17) is 11.6 Å². The van der Waals surface area contributed by atoms with E-state index in [1.54, 1.807) is 6.20 Å². The number of amides is 1. The third-order valence-electron chi connectivity index (χ3n) is 3.72. The first-order chi connectivity index (χ1) is 10.6. The standard InChI is InChI=1S/C16H17ClN4O/c1-11-2-4-12(5-3-11)10-21-7-6-13(16(21)22)19-15-9-18-8-14(17)20-15/h2-5,8-9,13H,6-7,10H2,1H3,(H,19,20).